The highest BCUT2D eigenvalue weighted by atomic mass is 19.1. The summed E-state index contributed by atoms with van der Waals surface area (Å²) in [7, 11) is 0. The highest BCUT2D eigenvalue weighted by Gasteiger charge is 2.30. The molecule has 1 saturated carbocycles. The number of benzene rings is 1. The summed E-state index contributed by atoms with van der Waals surface area (Å²) in [6.45, 7) is 7.60. The van der Waals surface area contributed by atoms with Crippen LogP contribution in [0, 0.1) is 17.2 Å². The molecule has 2 aromatic rings. The van der Waals surface area contributed by atoms with E-state index >= 15 is 0 Å². The molecule has 6 nitrogen and oxygen atoms in total. The summed E-state index contributed by atoms with van der Waals surface area (Å²) < 4.78 is 25.9. The standard InChI is InChI=1S/C25H33FN3O3/c1-25(2,3)18-9-11-19(12-10-18)28-23-21(26)15-20(22(27)30)24(29-23)32-14-13-31-16-17-7-5-4-6-8-17/h4-8,15,19H,9-14,16H2,1-3H3,(H2,27,30)(H,28,29). The second-order valence-corrected chi connectivity index (χ2v) is 9.19. The Morgan fingerprint density at radius 1 is 1.19 bits per heavy atom. The number of rotatable bonds is 9. The van der Waals surface area contributed by atoms with E-state index in [4.69, 9.17) is 15.2 Å². The molecule has 1 aliphatic carbocycles. The molecule has 0 unspecified atom stereocenters. The molecule has 0 aliphatic heterocycles. The first kappa shape index (κ1) is 24.0. The van der Waals surface area contributed by atoms with E-state index in [0.29, 0.717) is 13.2 Å². The van der Waals surface area contributed by atoms with Crippen molar-refractivity contribution in [1.82, 2.24) is 4.98 Å². The van der Waals surface area contributed by atoms with E-state index in [1.54, 1.807) is 0 Å². The number of hydrogen-bond acceptors (Lipinski definition) is 5. The molecule has 1 aromatic carbocycles. The zero-order chi connectivity index (χ0) is 23.1. The molecule has 1 fully saturated rings. The minimum Gasteiger partial charge on any atom is -0.475 e. The smallest absolute Gasteiger partial charge is 0.254 e. The molecular formula is C25H33FN3O3. The summed E-state index contributed by atoms with van der Waals surface area (Å²) in [5.41, 5.74) is 6.57. The third-order valence-corrected chi connectivity index (χ3v) is 5.78. The number of hydrogen-bond donors (Lipinski definition) is 2. The predicted molar refractivity (Wildman–Crippen MR) is 123 cm³/mol. The van der Waals surface area contributed by atoms with Crippen molar-refractivity contribution >= 4 is 11.7 Å². The number of nitrogens with zero attached hydrogens (tertiary/aromatic N) is 1. The van der Waals surface area contributed by atoms with Crippen LogP contribution in [0.25, 0.3) is 0 Å². The molecule has 1 aromatic heterocycles. The number of nitrogens with one attached hydrogen (secondary N) is 1. The van der Waals surface area contributed by atoms with Gasteiger partial charge in [0.15, 0.2) is 11.6 Å². The molecule has 32 heavy (non-hydrogen) atoms. The predicted octanol–water partition coefficient (Wildman–Crippen LogP) is 4.89. The van der Waals surface area contributed by atoms with Gasteiger partial charge in [-0.25, -0.2) is 4.39 Å². The Kier molecular flexibility index (Phi) is 8.07. The van der Waals surface area contributed by atoms with Gasteiger partial charge in [-0.3, -0.25) is 4.79 Å². The van der Waals surface area contributed by atoms with E-state index in [2.05, 4.69) is 31.1 Å². The maximum absolute atomic E-state index is 14.6. The molecule has 3 N–H and O–H groups in total. The van der Waals surface area contributed by atoms with Crippen molar-refractivity contribution in [3.05, 3.63) is 59.3 Å². The first-order valence-electron chi connectivity index (χ1n) is 11.1. The fraction of sp³-hybridized carbons (Fsp3) is 0.480. The lowest BCUT2D eigenvalue weighted by Crippen LogP contribution is -2.31. The van der Waals surface area contributed by atoms with E-state index in [9.17, 15) is 9.18 Å². The van der Waals surface area contributed by atoms with E-state index in [-0.39, 0.29) is 35.3 Å². The van der Waals surface area contributed by atoms with Gasteiger partial charge < -0.3 is 20.5 Å². The summed E-state index contributed by atoms with van der Waals surface area (Å²) in [6, 6.07) is 11.0. The Morgan fingerprint density at radius 3 is 2.50 bits per heavy atom. The Balaban J connectivity index is 1.58. The third-order valence-electron chi connectivity index (χ3n) is 5.78. The van der Waals surface area contributed by atoms with Crippen LogP contribution in [0.2, 0.25) is 0 Å². The molecule has 0 atom stereocenters. The number of carbonyl (C=O) groups is 1. The molecule has 0 saturated heterocycles. The number of halogens is 1. The van der Waals surface area contributed by atoms with Crippen molar-refractivity contribution in [2.24, 2.45) is 11.1 Å². The van der Waals surface area contributed by atoms with Gasteiger partial charge >= 0.3 is 0 Å². The number of primary amides is 1. The molecule has 1 heterocycles. The number of nitrogens with two attached hydrogens (primary N) is 1. The molecule has 1 aliphatic rings. The number of amides is 1. The summed E-state index contributed by atoms with van der Waals surface area (Å²) in [5, 5.41) is 3.19. The van der Waals surface area contributed by atoms with Crippen molar-refractivity contribution in [2.75, 3.05) is 18.5 Å². The lowest BCUT2D eigenvalue weighted by Gasteiger charge is -2.36. The van der Waals surface area contributed by atoms with E-state index in [1.165, 1.54) is 5.92 Å². The van der Waals surface area contributed by atoms with Gasteiger partial charge in [0.1, 0.15) is 12.2 Å². The highest BCUT2D eigenvalue weighted by Crippen LogP contribution is 2.40. The van der Waals surface area contributed by atoms with Gasteiger partial charge in [-0.1, -0.05) is 51.1 Å². The summed E-state index contributed by atoms with van der Waals surface area (Å²) in [4.78, 5) is 16.0. The van der Waals surface area contributed by atoms with Gasteiger partial charge in [0.2, 0.25) is 5.88 Å². The van der Waals surface area contributed by atoms with Gasteiger partial charge in [0.25, 0.3) is 5.91 Å². The molecule has 1 radical (unpaired) electrons. The molecular weight excluding hydrogens is 409 g/mol. The molecule has 1 amide bonds. The molecule has 3 rings (SSSR count). The van der Waals surface area contributed by atoms with Crippen molar-refractivity contribution < 1.29 is 18.7 Å². The minimum absolute atomic E-state index is 0.0162. The zero-order valence-electron chi connectivity index (χ0n) is 19.1. The fourth-order valence-electron chi connectivity index (χ4n) is 3.88. The monoisotopic (exact) mass is 442 g/mol. The lowest BCUT2D eigenvalue weighted by molar-refractivity contribution is 0.0858. The van der Waals surface area contributed by atoms with E-state index in [0.717, 1.165) is 37.3 Å². The fourth-order valence-corrected chi connectivity index (χ4v) is 3.88. The zero-order valence-corrected chi connectivity index (χ0v) is 19.1. The second-order valence-electron chi connectivity index (χ2n) is 9.19. The van der Waals surface area contributed by atoms with Gasteiger partial charge in [0, 0.05) is 6.04 Å². The Bertz CT molecular complexity index is 891. The first-order chi connectivity index (χ1) is 15.2. The summed E-state index contributed by atoms with van der Waals surface area (Å²) in [5.74, 6) is 0.233. The first-order valence-corrected chi connectivity index (χ1v) is 11.1. The van der Waals surface area contributed by atoms with Gasteiger partial charge in [-0.2, -0.15) is 4.98 Å². The Morgan fingerprint density at radius 2 is 1.88 bits per heavy atom. The third kappa shape index (κ3) is 6.66. The van der Waals surface area contributed by atoms with E-state index < -0.39 is 11.7 Å². The van der Waals surface area contributed by atoms with Crippen LogP contribution in [-0.4, -0.2) is 30.1 Å². The molecule has 173 valence electrons. The van der Waals surface area contributed by atoms with Crippen LogP contribution < -0.4 is 15.8 Å². The second kappa shape index (κ2) is 10.8. The van der Waals surface area contributed by atoms with Crippen LogP contribution in [0.1, 0.15) is 62.4 Å². The molecule has 7 heteroatoms. The van der Waals surface area contributed by atoms with Gasteiger partial charge in [-0.05, 0) is 48.6 Å². The highest BCUT2D eigenvalue weighted by molar-refractivity contribution is 5.95. The van der Waals surface area contributed by atoms with Gasteiger partial charge in [-0.15, -0.1) is 0 Å². The Labute approximate surface area is 189 Å². The quantitative estimate of drug-likeness (QED) is 0.540. The van der Waals surface area contributed by atoms with Crippen LogP contribution in [0.3, 0.4) is 0 Å². The summed E-state index contributed by atoms with van der Waals surface area (Å²) >= 11 is 0. The topological polar surface area (TPSA) is 86.5 Å². The molecule has 0 bridgehead atoms. The number of pyridine rings is 1. The SMILES string of the molecule is CC(C)(C)[C]1CCC(Nc2nc(OCCOCc3ccccc3)c(C(N)=O)cc2F)CC1. The lowest BCUT2D eigenvalue weighted by atomic mass is 9.71. The maximum atomic E-state index is 14.6. The average molecular weight is 443 g/mol. The van der Waals surface area contributed by atoms with Crippen LogP contribution in [0.15, 0.2) is 36.4 Å². The van der Waals surface area contributed by atoms with Crippen molar-refractivity contribution in [1.29, 1.82) is 0 Å². The minimum atomic E-state index is -0.787. The van der Waals surface area contributed by atoms with Gasteiger partial charge in [0.05, 0.1) is 13.2 Å². The number of carbonyl (C=O) groups excluding carboxylic acids is 1. The largest absolute Gasteiger partial charge is 0.475 e. The number of aromatic nitrogens is 1. The van der Waals surface area contributed by atoms with Crippen molar-refractivity contribution in [2.45, 2.75) is 59.1 Å². The van der Waals surface area contributed by atoms with Crippen molar-refractivity contribution in [3.8, 4) is 5.88 Å². The van der Waals surface area contributed by atoms with Crippen LogP contribution in [-0.2, 0) is 11.3 Å². The number of anilines is 1. The average Bonchev–Trinajstić information content (AvgIpc) is 2.75. The normalized spacial score (nSPS) is 15.5. The van der Waals surface area contributed by atoms with Crippen LogP contribution >= 0.6 is 0 Å². The van der Waals surface area contributed by atoms with Crippen LogP contribution in [0.4, 0.5) is 10.2 Å². The number of ether oxygens (including phenoxy) is 2. The van der Waals surface area contributed by atoms with E-state index in [1.807, 2.05) is 30.3 Å². The summed E-state index contributed by atoms with van der Waals surface area (Å²) in [6.07, 6.45) is 3.83. The molecule has 0 spiro atoms. The maximum Gasteiger partial charge on any atom is 0.254 e. The Hall–Kier alpha value is -2.67. The van der Waals surface area contributed by atoms with Crippen molar-refractivity contribution in [3.63, 3.8) is 0 Å². The van der Waals surface area contributed by atoms with Crippen LogP contribution in [0.5, 0.6) is 5.88 Å².